The summed E-state index contributed by atoms with van der Waals surface area (Å²) in [6, 6.07) is 0.285. The molecule has 21 heavy (non-hydrogen) atoms. The van der Waals surface area contributed by atoms with E-state index in [2.05, 4.69) is 14.8 Å². The third kappa shape index (κ3) is 2.95. The Morgan fingerprint density at radius 1 is 1.38 bits per heavy atom. The molecule has 0 amide bonds. The molecule has 2 N–H and O–H groups in total. The van der Waals surface area contributed by atoms with Crippen LogP contribution in [0.2, 0.25) is 0 Å². The summed E-state index contributed by atoms with van der Waals surface area (Å²) < 4.78 is 7.33. The summed E-state index contributed by atoms with van der Waals surface area (Å²) in [5.74, 6) is 2.25. The molecule has 116 valence electrons. The molecule has 6 heteroatoms. The van der Waals surface area contributed by atoms with E-state index in [0.717, 1.165) is 43.9 Å². The van der Waals surface area contributed by atoms with Crippen LogP contribution in [0.15, 0.2) is 0 Å². The number of aromatic nitrogens is 3. The standard InChI is InChI=1S/C15H24N4O2/c1-2-21-15(20)11-6-7-19-13(9-11)17-18-14(19)10-4-3-5-12(16)8-10/h10-12H,2-9,16H2,1H3/t10-,11?,12+/m0/s1. The van der Waals surface area contributed by atoms with E-state index in [1.165, 1.54) is 6.42 Å². The fourth-order valence-corrected chi connectivity index (χ4v) is 3.58. The van der Waals surface area contributed by atoms with Crippen molar-refractivity contribution >= 4 is 5.97 Å². The van der Waals surface area contributed by atoms with Crippen LogP contribution in [-0.4, -0.2) is 33.4 Å². The molecule has 0 aromatic carbocycles. The van der Waals surface area contributed by atoms with E-state index in [0.29, 0.717) is 18.9 Å². The number of hydrogen-bond donors (Lipinski definition) is 1. The topological polar surface area (TPSA) is 83.0 Å². The second-order valence-electron chi connectivity index (χ2n) is 6.19. The molecule has 0 bridgehead atoms. The maximum atomic E-state index is 11.9. The van der Waals surface area contributed by atoms with E-state index < -0.39 is 0 Å². The van der Waals surface area contributed by atoms with Crippen LogP contribution in [-0.2, 0) is 22.5 Å². The minimum atomic E-state index is -0.104. The van der Waals surface area contributed by atoms with Crippen LogP contribution in [0.3, 0.4) is 0 Å². The van der Waals surface area contributed by atoms with Gasteiger partial charge in [0.1, 0.15) is 11.6 Å². The van der Waals surface area contributed by atoms with Gasteiger partial charge in [0.15, 0.2) is 0 Å². The Morgan fingerprint density at radius 2 is 2.24 bits per heavy atom. The average molecular weight is 292 g/mol. The van der Waals surface area contributed by atoms with Crippen molar-refractivity contribution in [1.82, 2.24) is 14.8 Å². The van der Waals surface area contributed by atoms with Gasteiger partial charge in [-0.2, -0.15) is 0 Å². The zero-order valence-corrected chi connectivity index (χ0v) is 12.6. The minimum Gasteiger partial charge on any atom is -0.466 e. The number of nitrogens with two attached hydrogens (primary N) is 1. The Bertz CT molecular complexity index is 514. The van der Waals surface area contributed by atoms with Crippen molar-refractivity contribution in [1.29, 1.82) is 0 Å². The molecule has 0 saturated heterocycles. The summed E-state index contributed by atoms with van der Waals surface area (Å²) in [6.45, 7) is 3.09. The lowest BCUT2D eigenvalue weighted by Crippen LogP contribution is -2.31. The van der Waals surface area contributed by atoms with Crippen molar-refractivity contribution in [2.24, 2.45) is 11.7 Å². The van der Waals surface area contributed by atoms with Crippen molar-refractivity contribution < 1.29 is 9.53 Å². The van der Waals surface area contributed by atoms with Crippen molar-refractivity contribution in [2.75, 3.05) is 6.61 Å². The molecule has 1 unspecified atom stereocenters. The first-order chi connectivity index (χ1) is 10.2. The van der Waals surface area contributed by atoms with E-state index >= 15 is 0 Å². The molecule has 2 aliphatic rings. The highest BCUT2D eigenvalue weighted by Crippen LogP contribution is 2.33. The van der Waals surface area contributed by atoms with Gasteiger partial charge in [-0.15, -0.1) is 10.2 Å². The summed E-state index contributed by atoms with van der Waals surface area (Å²) >= 11 is 0. The number of esters is 1. The van der Waals surface area contributed by atoms with Gasteiger partial charge < -0.3 is 15.0 Å². The predicted molar refractivity (Wildman–Crippen MR) is 77.7 cm³/mol. The highest BCUT2D eigenvalue weighted by molar-refractivity contribution is 5.72. The fourth-order valence-electron chi connectivity index (χ4n) is 3.58. The Kier molecular flexibility index (Phi) is 4.24. The number of carbonyl (C=O) groups is 1. The first-order valence-electron chi connectivity index (χ1n) is 8.03. The van der Waals surface area contributed by atoms with Gasteiger partial charge in [0.25, 0.3) is 0 Å². The molecule has 1 saturated carbocycles. The van der Waals surface area contributed by atoms with E-state index in [-0.39, 0.29) is 17.9 Å². The second kappa shape index (κ2) is 6.13. The maximum absolute atomic E-state index is 11.9. The van der Waals surface area contributed by atoms with E-state index in [9.17, 15) is 4.79 Å². The quantitative estimate of drug-likeness (QED) is 0.851. The second-order valence-corrected chi connectivity index (χ2v) is 6.19. The highest BCUT2D eigenvalue weighted by Gasteiger charge is 2.32. The van der Waals surface area contributed by atoms with Gasteiger partial charge in [-0.05, 0) is 32.6 Å². The van der Waals surface area contributed by atoms with Crippen molar-refractivity contribution in [3.05, 3.63) is 11.6 Å². The maximum Gasteiger partial charge on any atom is 0.309 e. The van der Waals surface area contributed by atoms with Crippen LogP contribution in [0.1, 0.15) is 56.6 Å². The van der Waals surface area contributed by atoms with Gasteiger partial charge >= 0.3 is 5.97 Å². The number of fused-ring (bicyclic) bond motifs is 1. The van der Waals surface area contributed by atoms with E-state index in [4.69, 9.17) is 10.5 Å². The van der Waals surface area contributed by atoms with Crippen LogP contribution in [0.5, 0.6) is 0 Å². The molecule has 2 heterocycles. The Morgan fingerprint density at radius 3 is 3.00 bits per heavy atom. The largest absolute Gasteiger partial charge is 0.466 e. The van der Waals surface area contributed by atoms with Crippen LogP contribution in [0, 0.1) is 5.92 Å². The van der Waals surface area contributed by atoms with Crippen LogP contribution in [0.25, 0.3) is 0 Å². The van der Waals surface area contributed by atoms with E-state index in [1.807, 2.05) is 6.92 Å². The number of hydrogen-bond acceptors (Lipinski definition) is 5. The van der Waals surface area contributed by atoms with E-state index in [1.54, 1.807) is 0 Å². The zero-order chi connectivity index (χ0) is 14.8. The lowest BCUT2D eigenvalue weighted by atomic mass is 9.85. The van der Waals surface area contributed by atoms with Gasteiger partial charge in [-0.25, -0.2) is 0 Å². The van der Waals surface area contributed by atoms with Crippen LogP contribution < -0.4 is 5.73 Å². The Hall–Kier alpha value is -1.43. The minimum absolute atomic E-state index is 0.0666. The zero-order valence-electron chi connectivity index (χ0n) is 12.6. The normalized spacial score (nSPS) is 29.0. The fraction of sp³-hybridized carbons (Fsp3) is 0.800. The smallest absolute Gasteiger partial charge is 0.309 e. The van der Waals surface area contributed by atoms with Crippen LogP contribution >= 0.6 is 0 Å². The molecule has 3 rings (SSSR count). The Labute approximate surface area is 125 Å². The summed E-state index contributed by atoms with van der Waals surface area (Å²) in [6.07, 6.45) is 5.88. The molecule has 0 radical (unpaired) electrons. The average Bonchev–Trinajstić information content (AvgIpc) is 2.90. The molecule has 1 fully saturated rings. The highest BCUT2D eigenvalue weighted by atomic mass is 16.5. The van der Waals surface area contributed by atoms with Crippen molar-refractivity contribution in [3.63, 3.8) is 0 Å². The molecule has 1 aromatic rings. The molecule has 1 aliphatic heterocycles. The van der Waals surface area contributed by atoms with Gasteiger partial charge in [0.05, 0.1) is 12.5 Å². The molecule has 6 nitrogen and oxygen atoms in total. The number of rotatable bonds is 3. The first kappa shape index (κ1) is 14.5. The monoisotopic (exact) mass is 292 g/mol. The number of nitrogens with zero attached hydrogens (tertiary/aromatic N) is 3. The molecule has 1 aromatic heterocycles. The third-order valence-corrected chi connectivity index (χ3v) is 4.69. The lowest BCUT2D eigenvalue weighted by molar-refractivity contribution is -0.148. The van der Waals surface area contributed by atoms with Crippen molar-refractivity contribution in [2.45, 2.75) is 64.0 Å². The lowest BCUT2D eigenvalue weighted by Gasteiger charge is -2.28. The molecule has 3 atom stereocenters. The summed E-state index contributed by atoms with van der Waals surface area (Å²) in [4.78, 5) is 11.9. The summed E-state index contributed by atoms with van der Waals surface area (Å²) in [5.41, 5.74) is 6.08. The number of ether oxygens (including phenoxy) is 1. The number of carbonyl (C=O) groups excluding carboxylic acids is 1. The molecule has 1 aliphatic carbocycles. The van der Waals surface area contributed by atoms with Gasteiger partial charge in [-0.1, -0.05) is 6.42 Å². The van der Waals surface area contributed by atoms with Gasteiger partial charge in [0, 0.05) is 24.9 Å². The SMILES string of the molecule is CCOC(=O)C1CCn2c(nnc2[C@H]2CCC[C@@H](N)C2)C1. The third-order valence-electron chi connectivity index (χ3n) is 4.69. The summed E-state index contributed by atoms with van der Waals surface area (Å²) in [7, 11) is 0. The van der Waals surface area contributed by atoms with Gasteiger partial charge in [-0.3, -0.25) is 4.79 Å². The summed E-state index contributed by atoms with van der Waals surface area (Å²) in [5, 5.41) is 8.72. The van der Waals surface area contributed by atoms with Crippen molar-refractivity contribution in [3.8, 4) is 0 Å². The van der Waals surface area contributed by atoms with Gasteiger partial charge in [0.2, 0.25) is 0 Å². The Balaban J connectivity index is 1.73. The molecular weight excluding hydrogens is 268 g/mol. The van der Waals surface area contributed by atoms with Crippen LogP contribution in [0.4, 0.5) is 0 Å². The molecular formula is C15H24N4O2. The molecule has 0 spiro atoms. The first-order valence-corrected chi connectivity index (χ1v) is 8.03. The predicted octanol–water partition coefficient (Wildman–Crippen LogP) is 1.39.